The minimum Gasteiger partial charge on any atom is -0.384 e. The lowest BCUT2D eigenvalue weighted by atomic mass is 10.1. The number of morpholine rings is 1. The minimum absolute atomic E-state index is 0.0264. The molecule has 1 aliphatic rings. The monoisotopic (exact) mass is 299 g/mol. The van der Waals surface area contributed by atoms with E-state index in [1.807, 2.05) is 24.3 Å². The zero-order valence-corrected chi connectivity index (χ0v) is 12.4. The largest absolute Gasteiger partial charge is 0.384 e. The van der Waals surface area contributed by atoms with Gasteiger partial charge in [0.15, 0.2) is 0 Å². The van der Waals surface area contributed by atoms with Crippen LogP contribution in [0.25, 0.3) is 0 Å². The van der Waals surface area contributed by atoms with Crippen molar-refractivity contribution in [2.24, 2.45) is 0 Å². The Balaban J connectivity index is 1.41. The smallest absolute Gasteiger partial charge is 0.123 e. The highest BCUT2D eigenvalue weighted by Gasteiger charge is 2.22. The third kappa shape index (κ3) is 4.04. The standard InChI is InChI=1S/C17H21N3O2/c18-17-7-6-14(8-20-17)16-9-19-15(12-22-16)11-21-10-13-4-2-1-3-5-13/h1-8,15-16,19H,9-12H2,(H2,18,20)/t15-,16-/m0/s1. The summed E-state index contributed by atoms with van der Waals surface area (Å²) in [4.78, 5) is 4.10. The lowest BCUT2D eigenvalue weighted by Gasteiger charge is -2.30. The van der Waals surface area contributed by atoms with Gasteiger partial charge in [0.25, 0.3) is 0 Å². The predicted molar refractivity (Wildman–Crippen MR) is 85.2 cm³/mol. The Morgan fingerprint density at radius 2 is 2.09 bits per heavy atom. The fraction of sp³-hybridized carbons (Fsp3) is 0.353. The highest BCUT2D eigenvalue weighted by atomic mass is 16.5. The summed E-state index contributed by atoms with van der Waals surface area (Å²) < 4.78 is 11.6. The molecule has 0 bridgehead atoms. The minimum atomic E-state index is 0.0264. The first-order valence-corrected chi connectivity index (χ1v) is 7.49. The van der Waals surface area contributed by atoms with E-state index in [0.29, 0.717) is 25.6 Å². The number of pyridine rings is 1. The Kier molecular flexibility index (Phi) is 5.00. The van der Waals surface area contributed by atoms with Gasteiger partial charge in [-0.15, -0.1) is 0 Å². The molecule has 0 aliphatic carbocycles. The van der Waals surface area contributed by atoms with Crippen LogP contribution in [0.3, 0.4) is 0 Å². The van der Waals surface area contributed by atoms with Crippen molar-refractivity contribution >= 4 is 5.82 Å². The van der Waals surface area contributed by atoms with E-state index in [9.17, 15) is 0 Å². The average Bonchev–Trinajstić information content (AvgIpc) is 2.57. The Labute approximate surface area is 130 Å². The fourth-order valence-electron chi connectivity index (χ4n) is 2.45. The van der Waals surface area contributed by atoms with Crippen LogP contribution in [0.15, 0.2) is 48.7 Å². The van der Waals surface area contributed by atoms with Crippen LogP contribution in [0, 0.1) is 0 Å². The number of nitrogen functional groups attached to an aromatic ring is 1. The topological polar surface area (TPSA) is 69.4 Å². The maximum absolute atomic E-state index is 5.90. The van der Waals surface area contributed by atoms with Crippen LogP contribution in [0.2, 0.25) is 0 Å². The van der Waals surface area contributed by atoms with Crippen LogP contribution in [-0.4, -0.2) is 30.8 Å². The van der Waals surface area contributed by atoms with E-state index in [1.165, 1.54) is 5.56 Å². The molecule has 0 radical (unpaired) electrons. The van der Waals surface area contributed by atoms with Crippen LogP contribution < -0.4 is 11.1 Å². The summed E-state index contributed by atoms with van der Waals surface area (Å²) in [5, 5.41) is 3.46. The summed E-state index contributed by atoms with van der Waals surface area (Å²) in [5.74, 6) is 0.528. The molecule has 0 amide bonds. The molecule has 5 nitrogen and oxygen atoms in total. The van der Waals surface area contributed by atoms with Gasteiger partial charge in [-0.1, -0.05) is 36.4 Å². The molecule has 116 valence electrons. The maximum atomic E-state index is 5.90. The van der Waals surface area contributed by atoms with Crippen molar-refractivity contribution in [1.82, 2.24) is 10.3 Å². The molecule has 3 N–H and O–H groups in total. The number of hydrogen-bond acceptors (Lipinski definition) is 5. The number of nitrogens with zero attached hydrogens (tertiary/aromatic N) is 1. The van der Waals surface area contributed by atoms with Gasteiger partial charge in [-0.05, 0) is 11.6 Å². The Bertz CT molecular complexity index is 566. The molecule has 1 saturated heterocycles. The van der Waals surface area contributed by atoms with Crippen LogP contribution >= 0.6 is 0 Å². The molecule has 1 aromatic heterocycles. The van der Waals surface area contributed by atoms with Crippen molar-refractivity contribution < 1.29 is 9.47 Å². The number of hydrogen-bond donors (Lipinski definition) is 2. The predicted octanol–water partition coefficient (Wildman–Crippen LogP) is 1.91. The van der Waals surface area contributed by atoms with Gasteiger partial charge in [0.05, 0.1) is 32.0 Å². The first kappa shape index (κ1) is 15.0. The molecule has 3 rings (SSSR count). The lowest BCUT2D eigenvalue weighted by molar-refractivity contribution is -0.0239. The number of benzene rings is 1. The highest BCUT2D eigenvalue weighted by Crippen LogP contribution is 2.20. The molecule has 5 heteroatoms. The Morgan fingerprint density at radius 3 is 2.77 bits per heavy atom. The van der Waals surface area contributed by atoms with E-state index >= 15 is 0 Å². The number of anilines is 1. The highest BCUT2D eigenvalue weighted by molar-refractivity contribution is 5.30. The number of ether oxygens (including phenoxy) is 2. The van der Waals surface area contributed by atoms with Crippen molar-refractivity contribution in [3.05, 3.63) is 59.8 Å². The number of nitrogens with two attached hydrogens (primary N) is 1. The Morgan fingerprint density at radius 1 is 1.23 bits per heavy atom. The third-order valence-corrected chi connectivity index (χ3v) is 3.70. The average molecular weight is 299 g/mol. The van der Waals surface area contributed by atoms with E-state index in [4.69, 9.17) is 15.2 Å². The van der Waals surface area contributed by atoms with Crippen molar-refractivity contribution in [1.29, 1.82) is 0 Å². The van der Waals surface area contributed by atoms with Crippen molar-refractivity contribution in [3.63, 3.8) is 0 Å². The van der Waals surface area contributed by atoms with Gasteiger partial charge < -0.3 is 20.5 Å². The molecule has 1 aliphatic heterocycles. The molecule has 0 saturated carbocycles. The zero-order valence-electron chi connectivity index (χ0n) is 12.4. The number of rotatable bonds is 5. The SMILES string of the molecule is Nc1ccc([C@@H]2CN[C@@H](COCc3ccccc3)CO2)cn1. The fourth-order valence-corrected chi connectivity index (χ4v) is 2.45. The second-order valence-electron chi connectivity index (χ2n) is 5.44. The number of aromatic nitrogens is 1. The van der Waals surface area contributed by atoms with Gasteiger partial charge in [-0.3, -0.25) is 0 Å². The summed E-state index contributed by atoms with van der Waals surface area (Å²) in [5.41, 5.74) is 7.83. The molecule has 2 aromatic rings. The van der Waals surface area contributed by atoms with E-state index in [0.717, 1.165) is 12.1 Å². The van der Waals surface area contributed by atoms with Gasteiger partial charge in [-0.25, -0.2) is 4.98 Å². The zero-order chi connectivity index (χ0) is 15.2. The first-order chi connectivity index (χ1) is 10.8. The molecule has 2 atom stereocenters. The molecule has 1 fully saturated rings. The van der Waals surface area contributed by atoms with Crippen LogP contribution in [0.4, 0.5) is 5.82 Å². The lowest BCUT2D eigenvalue weighted by Crippen LogP contribution is -2.45. The molecular formula is C17H21N3O2. The van der Waals surface area contributed by atoms with Gasteiger partial charge >= 0.3 is 0 Å². The third-order valence-electron chi connectivity index (χ3n) is 3.70. The van der Waals surface area contributed by atoms with Crippen molar-refractivity contribution in [2.75, 3.05) is 25.5 Å². The quantitative estimate of drug-likeness (QED) is 0.882. The Hall–Kier alpha value is -1.95. The van der Waals surface area contributed by atoms with Gasteiger partial charge in [0.2, 0.25) is 0 Å². The van der Waals surface area contributed by atoms with Crippen LogP contribution in [0.5, 0.6) is 0 Å². The van der Waals surface area contributed by atoms with Crippen LogP contribution in [-0.2, 0) is 16.1 Å². The summed E-state index contributed by atoms with van der Waals surface area (Å²) in [6.07, 6.45) is 1.80. The van der Waals surface area contributed by atoms with E-state index < -0.39 is 0 Å². The summed E-state index contributed by atoms with van der Waals surface area (Å²) in [7, 11) is 0. The second kappa shape index (κ2) is 7.35. The van der Waals surface area contributed by atoms with E-state index in [2.05, 4.69) is 22.4 Å². The van der Waals surface area contributed by atoms with E-state index in [1.54, 1.807) is 12.3 Å². The molecule has 0 spiro atoms. The molecular weight excluding hydrogens is 278 g/mol. The molecule has 22 heavy (non-hydrogen) atoms. The summed E-state index contributed by atoms with van der Waals surface area (Å²) >= 11 is 0. The first-order valence-electron chi connectivity index (χ1n) is 7.49. The number of nitrogens with one attached hydrogen (secondary N) is 1. The molecule has 0 unspecified atom stereocenters. The van der Waals surface area contributed by atoms with Gasteiger partial charge in [-0.2, -0.15) is 0 Å². The van der Waals surface area contributed by atoms with Crippen molar-refractivity contribution in [3.8, 4) is 0 Å². The molecule has 2 heterocycles. The summed E-state index contributed by atoms with van der Waals surface area (Å²) in [6, 6.07) is 14.2. The van der Waals surface area contributed by atoms with Gasteiger partial charge in [0.1, 0.15) is 5.82 Å². The van der Waals surface area contributed by atoms with E-state index in [-0.39, 0.29) is 12.1 Å². The second-order valence-corrected chi connectivity index (χ2v) is 5.44. The van der Waals surface area contributed by atoms with Crippen molar-refractivity contribution in [2.45, 2.75) is 18.8 Å². The van der Waals surface area contributed by atoms with Crippen LogP contribution in [0.1, 0.15) is 17.2 Å². The molecule has 1 aromatic carbocycles. The van der Waals surface area contributed by atoms with Gasteiger partial charge in [0, 0.05) is 18.3 Å². The normalized spacial score (nSPS) is 21.6. The maximum Gasteiger partial charge on any atom is 0.123 e. The summed E-state index contributed by atoms with van der Waals surface area (Å²) in [6.45, 7) is 2.65.